The molecule has 0 aromatic heterocycles. The zero-order valence-electron chi connectivity index (χ0n) is 20.0. The first-order valence-corrected chi connectivity index (χ1v) is 12.6. The van der Waals surface area contributed by atoms with Gasteiger partial charge in [0.15, 0.2) is 0 Å². The van der Waals surface area contributed by atoms with E-state index < -0.39 is 0 Å². The maximum Gasteiger partial charge on any atom is 0.251 e. The fraction of sp³-hybridized carbons (Fsp3) is 0.741. The van der Waals surface area contributed by atoms with Crippen LogP contribution in [0.3, 0.4) is 0 Å². The molecule has 0 aliphatic heterocycles. The van der Waals surface area contributed by atoms with Crippen molar-refractivity contribution in [1.82, 2.24) is 5.32 Å². The first-order valence-electron chi connectivity index (χ1n) is 12.6. The summed E-state index contributed by atoms with van der Waals surface area (Å²) in [6.07, 6.45) is 19.2. The smallest absolute Gasteiger partial charge is 0.251 e. The topological polar surface area (TPSA) is 38.3 Å². The van der Waals surface area contributed by atoms with Crippen LogP contribution in [0.4, 0.5) is 0 Å². The van der Waals surface area contributed by atoms with Crippen LogP contribution in [0.25, 0.3) is 0 Å². The van der Waals surface area contributed by atoms with Gasteiger partial charge in [0.2, 0.25) is 0 Å². The Morgan fingerprint density at radius 2 is 1.23 bits per heavy atom. The van der Waals surface area contributed by atoms with Gasteiger partial charge in [-0.05, 0) is 43.5 Å². The molecule has 0 radical (unpaired) electrons. The van der Waals surface area contributed by atoms with E-state index in [0.29, 0.717) is 12.1 Å². The van der Waals surface area contributed by atoms with Gasteiger partial charge < -0.3 is 10.1 Å². The number of hydrogen-bond donors (Lipinski definition) is 1. The first kappa shape index (κ1) is 26.5. The van der Waals surface area contributed by atoms with Gasteiger partial charge in [-0.2, -0.15) is 0 Å². The summed E-state index contributed by atoms with van der Waals surface area (Å²) in [6, 6.07) is 7.42. The standard InChI is InChI=1S/C27H47NO2/c1-4-28-27(29)25-19-21-26(22-20-25)30-23-17-15-13-11-9-7-5-6-8-10-12-14-16-18-24(2)3/h19-22,24H,4-18,23H2,1-3H3,(H,28,29). The van der Waals surface area contributed by atoms with E-state index >= 15 is 0 Å². The van der Waals surface area contributed by atoms with Gasteiger partial charge in [-0.3, -0.25) is 4.79 Å². The highest BCUT2D eigenvalue weighted by molar-refractivity contribution is 5.94. The minimum Gasteiger partial charge on any atom is -0.494 e. The normalized spacial score (nSPS) is 11.1. The van der Waals surface area contributed by atoms with E-state index in [0.717, 1.165) is 24.7 Å². The molecule has 1 aromatic rings. The zero-order chi connectivity index (χ0) is 21.9. The summed E-state index contributed by atoms with van der Waals surface area (Å²) in [6.45, 7) is 7.98. The Morgan fingerprint density at radius 3 is 1.70 bits per heavy atom. The van der Waals surface area contributed by atoms with Crippen LogP contribution in [-0.2, 0) is 0 Å². The van der Waals surface area contributed by atoms with Crippen molar-refractivity contribution in [1.29, 1.82) is 0 Å². The van der Waals surface area contributed by atoms with Crippen LogP contribution in [0.1, 0.15) is 121 Å². The Balaban J connectivity index is 1.85. The third-order valence-corrected chi connectivity index (χ3v) is 5.65. The maximum atomic E-state index is 11.7. The van der Waals surface area contributed by atoms with Crippen molar-refractivity contribution in [2.45, 2.75) is 111 Å². The van der Waals surface area contributed by atoms with Gasteiger partial charge in [0.25, 0.3) is 5.91 Å². The van der Waals surface area contributed by atoms with Crippen molar-refractivity contribution >= 4 is 5.91 Å². The molecular weight excluding hydrogens is 370 g/mol. The number of carbonyl (C=O) groups excluding carboxylic acids is 1. The summed E-state index contributed by atoms with van der Waals surface area (Å²) in [7, 11) is 0. The summed E-state index contributed by atoms with van der Waals surface area (Å²) in [5, 5.41) is 2.80. The molecule has 0 bridgehead atoms. The molecular formula is C27H47NO2. The summed E-state index contributed by atoms with van der Waals surface area (Å²) in [5.74, 6) is 1.69. The second-order valence-corrected chi connectivity index (χ2v) is 9.01. The molecule has 0 saturated heterocycles. The molecule has 3 heteroatoms. The molecule has 0 aliphatic carbocycles. The quantitative estimate of drug-likeness (QED) is 0.232. The van der Waals surface area contributed by atoms with Crippen LogP contribution in [0.15, 0.2) is 24.3 Å². The lowest BCUT2D eigenvalue weighted by atomic mass is 10.0. The highest BCUT2D eigenvalue weighted by atomic mass is 16.5. The van der Waals surface area contributed by atoms with Crippen molar-refractivity contribution in [3.8, 4) is 5.75 Å². The lowest BCUT2D eigenvalue weighted by Crippen LogP contribution is -2.22. The van der Waals surface area contributed by atoms with E-state index in [-0.39, 0.29) is 5.91 Å². The van der Waals surface area contributed by atoms with E-state index in [1.807, 2.05) is 31.2 Å². The van der Waals surface area contributed by atoms with E-state index in [2.05, 4.69) is 19.2 Å². The third-order valence-electron chi connectivity index (χ3n) is 5.65. The van der Waals surface area contributed by atoms with Crippen molar-refractivity contribution in [2.24, 2.45) is 5.92 Å². The van der Waals surface area contributed by atoms with Crippen LogP contribution in [0, 0.1) is 5.92 Å². The lowest BCUT2D eigenvalue weighted by molar-refractivity contribution is 0.0956. The molecule has 172 valence electrons. The van der Waals surface area contributed by atoms with E-state index in [9.17, 15) is 4.79 Å². The average Bonchev–Trinajstić information content (AvgIpc) is 2.73. The second-order valence-electron chi connectivity index (χ2n) is 9.01. The van der Waals surface area contributed by atoms with Crippen LogP contribution in [-0.4, -0.2) is 19.1 Å². The Labute approximate surface area is 186 Å². The minimum atomic E-state index is -0.0267. The molecule has 0 heterocycles. The molecule has 0 unspecified atom stereocenters. The molecule has 30 heavy (non-hydrogen) atoms. The van der Waals surface area contributed by atoms with Gasteiger partial charge in [0.1, 0.15) is 5.75 Å². The fourth-order valence-corrected chi connectivity index (χ4v) is 3.75. The maximum absolute atomic E-state index is 11.7. The van der Waals surface area contributed by atoms with Crippen LogP contribution in [0.2, 0.25) is 0 Å². The Bertz CT molecular complexity index is 524. The number of nitrogens with one attached hydrogen (secondary N) is 1. The van der Waals surface area contributed by atoms with Gasteiger partial charge in [-0.25, -0.2) is 0 Å². The molecule has 0 atom stereocenters. The molecule has 0 spiro atoms. The third kappa shape index (κ3) is 14.5. The Hall–Kier alpha value is -1.51. The lowest BCUT2D eigenvalue weighted by Gasteiger charge is -2.07. The van der Waals surface area contributed by atoms with Crippen LogP contribution < -0.4 is 10.1 Å². The van der Waals surface area contributed by atoms with Crippen molar-refractivity contribution in [3.05, 3.63) is 29.8 Å². The fourth-order valence-electron chi connectivity index (χ4n) is 3.75. The van der Waals surface area contributed by atoms with E-state index in [1.54, 1.807) is 0 Å². The molecule has 0 aliphatic rings. The first-order chi connectivity index (χ1) is 14.6. The number of amides is 1. The molecule has 3 nitrogen and oxygen atoms in total. The molecule has 1 amide bonds. The molecule has 0 fully saturated rings. The zero-order valence-corrected chi connectivity index (χ0v) is 20.0. The molecule has 1 N–H and O–H groups in total. The summed E-state index contributed by atoms with van der Waals surface area (Å²) >= 11 is 0. The Kier molecular flexibility index (Phi) is 16.2. The number of hydrogen-bond acceptors (Lipinski definition) is 2. The summed E-state index contributed by atoms with van der Waals surface area (Å²) in [5.41, 5.74) is 0.686. The van der Waals surface area contributed by atoms with Crippen molar-refractivity contribution < 1.29 is 9.53 Å². The van der Waals surface area contributed by atoms with E-state index in [4.69, 9.17) is 4.74 Å². The van der Waals surface area contributed by atoms with Gasteiger partial charge in [0.05, 0.1) is 6.61 Å². The highest BCUT2D eigenvalue weighted by Crippen LogP contribution is 2.15. The number of rotatable bonds is 19. The average molecular weight is 418 g/mol. The van der Waals surface area contributed by atoms with Crippen LogP contribution >= 0.6 is 0 Å². The summed E-state index contributed by atoms with van der Waals surface area (Å²) < 4.78 is 5.79. The largest absolute Gasteiger partial charge is 0.494 e. The van der Waals surface area contributed by atoms with E-state index in [1.165, 1.54) is 83.5 Å². The molecule has 0 saturated carbocycles. The van der Waals surface area contributed by atoms with Gasteiger partial charge in [-0.15, -0.1) is 0 Å². The summed E-state index contributed by atoms with van der Waals surface area (Å²) in [4.78, 5) is 11.7. The minimum absolute atomic E-state index is 0.0267. The number of unbranched alkanes of at least 4 members (excludes halogenated alkanes) is 12. The number of ether oxygens (including phenoxy) is 1. The second kappa shape index (κ2) is 18.3. The van der Waals surface area contributed by atoms with Gasteiger partial charge >= 0.3 is 0 Å². The highest BCUT2D eigenvalue weighted by Gasteiger charge is 2.03. The van der Waals surface area contributed by atoms with Crippen molar-refractivity contribution in [2.75, 3.05) is 13.2 Å². The predicted octanol–water partition coefficient (Wildman–Crippen LogP) is 7.93. The van der Waals surface area contributed by atoms with Gasteiger partial charge in [0, 0.05) is 12.1 Å². The Morgan fingerprint density at radius 1 is 0.767 bits per heavy atom. The predicted molar refractivity (Wildman–Crippen MR) is 129 cm³/mol. The monoisotopic (exact) mass is 417 g/mol. The van der Waals surface area contributed by atoms with Gasteiger partial charge in [-0.1, -0.05) is 97.3 Å². The molecule has 1 aromatic carbocycles. The van der Waals surface area contributed by atoms with Crippen molar-refractivity contribution in [3.63, 3.8) is 0 Å². The SMILES string of the molecule is CCNC(=O)c1ccc(OCCCCCCCCCCCCCCCC(C)C)cc1. The molecule has 1 rings (SSSR count). The number of carbonyl (C=O) groups is 1. The number of benzene rings is 1. The van der Waals surface area contributed by atoms with Crippen LogP contribution in [0.5, 0.6) is 5.75 Å².